The molecule has 2 aromatic carbocycles. The van der Waals surface area contributed by atoms with Gasteiger partial charge in [-0.25, -0.2) is 9.97 Å². The number of H-pyrrole nitrogens is 1. The van der Waals surface area contributed by atoms with Gasteiger partial charge in [-0.15, -0.1) is 0 Å². The van der Waals surface area contributed by atoms with Gasteiger partial charge in [0.15, 0.2) is 5.65 Å². The normalized spacial score (nSPS) is 13.7. The molecule has 198 valence electrons. The molecule has 9 nitrogen and oxygen atoms in total. The summed E-state index contributed by atoms with van der Waals surface area (Å²) in [6, 6.07) is 16.4. The van der Waals surface area contributed by atoms with Crippen LogP contribution >= 0.6 is 11.6 Å². The first-order valence-corrected chi connectivity index (χ1v) is 13.2. The SMILES string of the molecule is Cc1nn(C)c2ncc(C(=O)NCc3ccc(-c4ncc(-c5ccc(N6CCOCC6)cc5)[nH]4)cc3)c(Cl)c12. The number of imidazole rings is 1. The van der Waals surface area contributed by atoms with E-state index in [4.69, 9.17) is 16.3 Å². The number of morpholine rings is 1. The monoisotopic (exact) mass is 541 g/mol. The van der Waals surface area contributed by atoms with Crippen molar-refractivity contribution in [1.29, 1.82) is 0 Å². The Balaban J connectivity index is 1.10. The number of hydrogen-bond acceptors (Lipinski definition) is 6. The molecule has 4 heterocycles. The molecule has 1 saturated heterocycles. The second-order valence-corrected chi connectivity index (χ2v) is 9.94. The van der Waals surface area contributed by atoms with Crippen LogP contribution in [0.5, 0.6) is 0 Å². The maximum atomic E-state index is 12.9. The number of amides is 1. The van der Waals surface area contributed by atoms with Gasteiger partial charge in [0.05, 0.1) is 46.8 Å². The Kier molecular flexibility index (Phi) is 6.76. The zero-order valence-corrected chi connectivity index (χ0v) is 22.5. The fraction of sp³-hybridized carbons (Fsp3) is 0.241. The third-order valence-electron chi connectivity index (χ3n) is 7.02. The highest BCUT2D eigenvalue weighted by Gasteiger charge is 2.18. The standard InChI is InChI=1S/C29H28ClN7O2/c1-18-25-26(30)23(16-32-28(25)36(2)35-18)29(38)33-15-19-3-5-21(6-4-19)27-31-17-24(34-27)20-7-9-22(10-8-20)37-11-13-39-14-12-37/h3-10,16-17H,11-15H2,1-2H3,(H,31,34)(H,33,38). The molecule has 0 radical (unpaired) electrons. The lowest BCUT2D eigenvalue weighted by molar-refractivity contribution is 0.0951. The summed E-state index contributed by atoms with van der Waals surface area (Å²) < 4.78 is 7.10. The molecule has 10 heteroatoms. The molecule has 5 aromatic rings. The average Bonchev–Trinajstić information content (AvgIpc) is 3.58. The van der Waals surface area contributed by atoms with Crippen LogP contribution in [-0.2, 0) is 18.3 Å². The van der Waals surface area contributed by atoms with Crippen molar-refractivity contribution in [3.8, 4) is 22.6 Å². The first-order valence-electron chi connectivity index (χ1n) is 12.8. The summed E-state index contributed by atoms with van der Waals surface area (Å²) in [5.41, 5.74) is 6.89. The number of aromatic nitrogens is 5. The van der Waals surface area contributed by atoms with Crippen LogP contribution in [0.2, 0.25) is 5.02 Å². The van der Waals surface area contributed by atoms with E-state index in [0.717, 1.165) is 60.2 Å². The minimum absolute atomic E-state index is 0.281. The number of nitrogens with one attached hydrogen (secondary N) is 2. The Morgan fingerprint density at radius 1 is 1.03 bits per heavy atom. The number of fused-ring (bicyclic) bond motifs is 1. The van der Waals surface area contributed by atoms with E-state index in [0.29, 0.717) is 28.2 Å². The Morgan fingerprint density at radius 2 is 1.74 bits per heavy atom. The van der Waals surface area contributed by atoms with Crippen LogP contribution < -0.4 is 10.2 Å². The second-order valence-electron chi connectivity index (χ2n) is 9.56. The number of carbonyl (C=O) groups is 1. The molecule has 1 aliphatic heterocycles. The van der Waals surface area contributed by atoms with Crippen molar-refractivity contribution >= 4 is 34.2 Å². The summed E-state index contributed by atoms with van der Waals surface area (Å²) in [6.07, 6.45) is 3.35. The van der Waals surface area contributed by atoms with Crippen molar-refractivity contribution in [2.45, 2.75) is 13.5 Å². The molecule has 1 aliphatic rings. The van der Waals surface area contributed by atoms with Crippen LogP contribution in [0.4, 0.5) is 5.69 Å². The summed E-state index contributed by atoms with van der Waals surface area (Å²) in [7, 11) is 1.80. The summed E-state index contributed by atoms with van der Waals surface area (Å²) in [5, 5.41) is 8.34. The largest absolute Gasteiger partial charge is 0.378 e. The molecule has 0 unspecified atom stereocenters. The maximum absolute atomic E-state index is 12.9. The molecule has 0 aliphatic carbocycles. The van der Waals surface area contributed by atoms with E-state index in [2.05, 4.69) is 54.5 Å². The number of anilines is 1. The van der Waals surface area contributed by atoms with Gasteiger partial charge in [0.1, 0.15) is 5.82 Å². The summed E-state index contributed by atoms with van der Waals surface area (Å²) >= 11 is 6.54. The number of aryl methyl sites for hydroxylation is 2. The highest BCUT2D eigenvalue weighted by Crippen LogP contribution is 2.28. The van der Waals surface area contributed by atoms with Crippen LogP contribution in [0.3, 0.4) is 0 Å². The van der Waals surface area contributed by atoms with Crippen LogP contribution in [0.15, 0.2) is 60.9 Å². The van der Waals surface area contributed by atoms with E-state index in [1.165, 1.54) is 11.9 Å². The summed E-state index contributed by atoms with van der Waals surface area (Å²) in [4.78, 5) is 27.6. The zero-order chi connectivity index (χ0) is 26.9. The van der Waals surface area contributed by atoms with Gasteiger partial charge >= 0.3 is 0 Å². The molecular weight excluding hydrogens is 514 g/mol. The molecule has 2 N–H and O–H groups in total. The number of aromatic amines is 1. The van der Waals surface area contributed by atoms with Crippen molar-refractivity contribution < 1.29 is 9.53 Å². The fourth-order valence-electron chi connectivity index (χ4n) is 4.87. The van der Waals surface area contributed by atoms with Gasteiger partial charge in [0, 0.05) is 44.1 Å². The van der Waals surface area contributed by atoms with Gasteiger partial charge in [0.2, 0.25) is 0 Å². The predicted octanol–water partition coefficient (Wildman–Crippen LogP) is 4.75. The fourth-order valence-corrected chi connectivity index (χ4v) is 5.23. The topological polar surface area (TPSA) is 101 Å². The van der Waals surface area contributed by atoms with Gasteiger partial charge in [-0.3, -0.25) is 9.48 Å². The number of pyridine rings is 1. The van der Waals surface area contributed by atoms with E-state index < -0.39 is 0 Å². The van der Waals surface area contributed by atoms with Gasteiger partial charge in [-0.1, -0.05) is 48.0 Å². The smallest absolute Gasteiger partial charge is 0.254 e. The number of carbonyl (C=O) groups excluding carboxylic acids is 1. The molecule has 1 amide bonds. The highest BCUT2D eigenvalue weighted by molar-refractivity contribution is 6.38. The third kappa shape index (κ3) is 4.98. The van der Waals surface area contributed by atoms with E-state index in [1.54, 1.807) is 11.7 Å². The van der Waals surface area contributed by atoms with E-state index in [9.17, 15) is 4.79 Å². The summed E-state index contributed by atoms with van der Waals surface area (Å²) in [6.45, 7) is 5.58. The van der Waals surface area contributed by atoms with Crippen molar-refractivity contribution in [3.05, 3.63) is 82.8 Å². The average molecular weight is 542 g/mol. The van der Waals surface area contributed by atoms with E-state index >= 15 is 0 Å². The molecule has 0 atom stereocenters. The van der Waals surface area contributed by atoms with Crippen LogP contribution in [0.1, 0.15) is 21.6 Å². The van der Waals surface area contributed by atoms with E-state index in [-0.39, 0.29) is 5.91 Å². The molecule has 6 rings (SSSR count). The Bertz CT molecular complexity index is 1640. The molecular formula is C29H28ClN7O2. The van der Waals surface area contributed by atoms with Crippen molar-refractivity contribution in [2.75, 3.05) is 31.2 Å². The maximum Gasteiger partial charge on any atom is 0.254 e. The van der Waals surface area contributed by atoms with Crippen LogP contribution in [0.25, 0.3) is 33.7 Å². The Labute approximate surface area is 230 Å². The number of nitrogens with zero attached hydrogens (tertiary/aromatic N) is 5. The van der Waals surface area contributed by atoms with Gasteiger partial charge in [-0.2, -0.15) is 5.10 Å². The van der Waals surface area contributed by atoms with Gasteiger partial charge in [-0.05, 0) is 30.2 Å². The lowest BCUT2D eigenvalue weighted by atomic mass is 10.1. The van der Waals surface area contributed by atoms with Gasteiger partial charge < -0.3 is 19.9 Å². The highest BCUT2D eigenvalue weighted by atomic mass is 35.5. The molecule has 0 bridgehead atoms. The Hall–Kier alpha value is -4.21. The lowest BCUT2D eigenvalue weighted by Crippen LogP contribution is -2.36. The molecule has 0 spiro atoms. The van der Waals surface area contributed by atoms with Crippen LogP contribution in [-0.4, -0.2) is 56.9 Å². The zero-order valence-electron chi connectivity index (χ0n) is 21.7. The van der Waals surface area contributed by atoms with Crippen molar-refractivity contribution in [2.24, 2.45) is 7.05 Å². The number of hydrogen-bond donors (Lipinski definition) is 2. The third-order valence-corrected chi connectivity index (χ3v) is 7.41. The van der Waals surface area contributed by atoms with Crippen molar-refractivity contribution in [1.82, 2.24) is 30.0 Å². The Morgan fingerprint density at radius 3 is 2.49 bits per heavy atom. The first-order chi connectivity index (χ1) is 19.0. The van der Waals surface area contributed by atoms with Crippen molar-refractivity contribution in [3.63, 3.8) is 0 Å². The minimum atomic E-state index is -0.281. The predicted molar refractivity (Wildman–Crippen MR) is 152 cm³/mol. The van der Waals surface area contributed by atoms with E-state index in [1.807, 2.05) is 37.4 Å². The quantitative estimate of drug-likeness (QED) is 0.321. The summed E-state index contributed by atoms with van der Waals surface area (Å²) in [5.74, 6) is 0.507. The number of rotatable bonds is 6. The molecule has 1 fully saturated rings. The molecule has 39 heavy (non-hydrogen) atoms. The lowest BCUT2D eigenvalue weighted by Gasteiger charge is -2.28. The molecule has 0 saturated carbocycles. The number of ether oxygens (including phenoxy) is 1. The minimum Gasteiger partial charge on any atom is -0.378 e. The first kappa shape index (κ1) is 25.1. The molecule has 3 aromatic heterocycles. The van der Waals surface area contributed by atoms with Gasteiger partial charge in [0.25, 0.3) is 5.91 Å². The number of benzene rings is 2. The number of halogens is 1. The van der Waals surface area contributed by atoms with Crippen LogP contribution in [0, 0.1) is 6.92 Å². The second kappa shape index (κ2) is 10.5.